The third-order valence-corrected chi connectivity index (χ3v) is 11.2. The summed E-state index contributed by atoms with van der Waals surface area (Å²) in [5, 5.41) is 13.5. The highest BCUT2D eigenvalue weighted by molar-refractivity contribution is 6.71. The molecule has 0 aromatic heterocycles. The van der Waals surface area contributed by atoms with Crippen LogP contribution >= 0.6 is 11.6 Å². The first-order valence-corrected chi connectivity index (χ1v) is 29.5. The zero-order valence-corrected chi connectivity index (χ0v) is 33.8. The van der Waals surface area contributed by atoms with Gasteiger partial charge in [-0.3, -0.25) is 0 Å². The van der Waals surface area contributed by atoms with Crippen molar-refractivity contribution in [1.29, 1.82) is 0 Å². The van der Waals surface area contributed by atoms with Gasteiger partial charge < -0.3 is 32.3 Å². The van der Waals surface area contributed by atoms with Crippen LogP contribution in [0.2, 0.25) is 83.6 Å². The first-order chi connectivity index (χ1) is 20.0. The molecule has 0 bridgehead atoms. The molecule has 0 saturated carbocycles. The second-order valence-electron chi connectivity index (χ2n) is 15.6. The number of benzene rings is 2. The lowest BCUT2D eigenvalue weighted by Crippen LogP contribution is -2.69. The zero-order chi connectivity index (χ0) is 33.3. The Labute approximate surface area is 275 Å². The average Bonchev–Trinajstić information content (AvgIpc) is 2.86. The molecule has 7 nitrogen and oxygen atoms in total. The van der Waals surface area contributed by atoms with Crippen LogP contribution in [0.1, 0.15) is 16.7 Å². The Kier molecular flexibility index (Phi) is 12.1. The molecule has 1 saturated heterocycles. The fraction of sp³-hybridized carbons (Fsp3) is 0.625. The third-order valence-electron chi connectivity index (χ3n) is 6.86. The number of hydrogen-bond acceptors (Lipinski definition) is 7. The normalized spacial score (nSPS) is 25.2. The number of aliphatic hydroxyl groups is 1. The van der Waals surface area contributed by atoms with Crippen LogP contribution in [-0.2, 0) is 34.6 Å². The minimum atomic E-state index is -2.25. The Morgan fingerprint density at radius 2 is 1.30 bits per heavy atom. The van der Waals surface area contributed by atoms with Gasteiger partial charge in [0.2, 0.25) is 5.79 Å². The van der Waals surface area contributed by atoms with Crippen molar-refractivity contribution in [2.24, 2.45) is 0 Å². The van der Waals surface area contributed by atoms with Crippen molar-refractivity contribution in [3.63, 3.8) is 0 Å². The van der Waals surface area contributed by atoms with Crippen molar-refractivity contribution in [1.82, 2.24) is 0 Å². The molecular formula is C32H55ClO7Si4. The van der Waals surface area contributed by atoms with Crippen LogP contribution in [0.15, 0.2) is 42.5 Å². The van der Waals surface area contributed by atoms with Crippen molar-refractivity contribution >= 4 is 44.9 Å². The maximum absolute atomic E-state index is 12.9. The molecule has 5 atom stereocenters. The second kappa shape index (κ2) is 14.1. The van der Waals surface area contributed by atoms with E-state index in [9.17, 15) is 5.11 Å². The van der Waals surface area contributed by atoms with Crippen molar-refractivity contribution in [2.45, 2.75) is 115 Å². The molecule has 1 unspecified atom stereocenters. The van der Waals surface area contributed by atoms with Crippen molar-refractivity contribution in [3.05, 3.63) is 64.2 Å². The van der Waals surface area contributed by atoms with E-state index in [1.807, 2.05) is 42.5 Å². The molecule has 1 aliphatic heterocycles. The number of rotatable bonds is 13. The summed E-state index contributed by atoms with van der Waals surface area (Å²) < 4.78 is 39.3. The summed E-state index contributed by atoms with van der Waals surface area (Å²) in [6.45, 7) is 26.0. The largest absolute Gasteiger partial charge is 0.497 e. The van der Waals surface area contributed by atoms with Gasteiger partial charge in [0.05, 0.1) is 13.7 Å². The average molecular weight is 700 g/mol. The minimum Gasteiger partial charge on any atom is -0.497 e. The molecule has 0 amide bonds. The lowest BCUT2D eigenvalue weighted by molar-refractivity contribution is -0.348. The van der Waals surface area contributed by atoms with Gasteiger partial charge in [-0.25, -0.2) is 0 Å². The number of methoxy groups -OCH3 is 1. The molecule has 1 fully saturated rings. The summed E-state index contributed by atoms with van der Waals surface area (Å²) in [7, 11) is -6.80. The lowest BCUT2D eigenvalue weighted by Gasteiger charge is -2.54. The summed E-state index contributed by atoms with van der Waals surface area (Å²) in [6, 6.07) is 13.5. The van der Waals surface area contributed by atoms with Crippen molar-refractivity contribution in [2.75, 3.05) is 13.7 Å². The van der Waals surface area contributed by atoms with Crippen LogP contribution in [0.5, 0.6) is 5.75 Å². The van der Waals surface area contributed by atoms with E-state index in [1.165, 1.54) is 0 Å². The SMILES string of the molecule is COc1ccc(Cc2cc(C3(O)O[C@H](CO[Si](C)(C)C)[C@@H](O[Si](C)(C)C)[C@H](O[Si](C)(C)C)[C@H]3O[Si](C)(C)C)ccc2Cl)cc1. The van der Waals surface area contributed by atoms with Crippen LogP contribution in [0, 0.1) is 0 Å². The third kappa shape index (κ3) is 10.9. The highest BCUT2D eigenvalue weighted by Gasteiger charge is 2.59. The summed E-state index contributed by atoms with van der Waals surface area (Å²) in [6.07, 6.45) is -1.89. The van der Waals surface area contributed by atoms with Gasteiger partial charge in [-0.1, -0.05) is 29.8 Å². The predicted molar refractivity (Wildman–Crippen MR) is 190 cm³/mol. The van der Waals surface area contributed by atoms with Crippen LogP contribution in [0.3, 0.4) is 0 Å². The lowest BCUT2D eigenvalue weighted by atomic mass is 9.87. The van der Waals surface area contributed by atoms with Gasteiger partial charge in [-0.2, -0.15) is 0 Å². The Bertz CT molecular complexity index is 1240. The summed E-state index contributed by atoms with van der Waals surface area (Å²) in [4.78, 5) is 0. The zero-order valence-electron chi connectivity index (χ0n) is 29.0. The van der Waals surface area contributed by atoms with E-state index in [2.05, 4.69) is 78.6 Å². The first kappa shape index (κ1) is 37.6. The van der Waals surface area contributed by atoms with Crippen LogP contribution in [-0.4, -0.2) is 76.5 Å². The molecule has 248 valence electrons. The van der Waals surface area contributed by atoms with E-state index in [1.54, 1.807) is 7.11 Å². The van der Waals surface area contributed by atoms with Crippen molar-refractivity contribution in [3.8, 4) is 5.75 Å². The highest BCUT2D eigenvalue weighted by Crippen LogP contribution is 2.44. The van der Waals surface area contributed by atoms with Gasteiger partial charge in [0.25, 0.3) is 0 Å². The van der Waals surface area contributed by atoms with E-state index in [4.69, 9.17) is 38.8 Å². The van der Waals surface area contributed by atoms with E-state index < -0.39 is 63.5 Å². The number of hydrogen-bond donors (Lipinski definition) is 1. The van der Waals surface area contributed by atoms with Crippen LogP contribution in [0.25, 0.3) is 0 Å². The van der Waals surface area contributed by atoms with Gasteiger partial charge in [0, 0.05) is 10.6 Å². The van der Waals surface area contributed by atoms with Crippen LogP contribution < -0.4 is 4.74 Å². The molecule has 1 heterocycles. The minimum absolute atomic E-state index is 0.282. The molecule has 0 radical (unpaired) electrons. The smallest absolute Gasteiger partial charge is 0.221 e. The molecular weight excluding hydrogens is 644 g/mol. The van der Waals surface area contributed by atoms with Gasteiger partial charge in [0.1, 0.15) is 30.2 Å². The van der Waals surface area contributed by atoms with Gasteiger partial charge in [-0.05, 0) is 120 Å². The van der Waals surface area contributed by atoms with E-state index in [0.29, 0.717) is 17.0 Å². The Hall–Kier alpha value is -0.842. The predicted octanol–water partition coefficient (Wildman–Crippen LogP) is 8.00. The fourth-order valence-corrected chi connectivity index (χ4v) is 9.26. The Morgan fingerprint density at radius 3 is 1.80 bits per heavy atom. The monoisotopic (exact) mass is 698 g/mol. The summed E-state index contributed by atoms with van der Waals surface area (Å²) >= 11 is 6.75. The van der Waals surface area contributed by atoms with Gasteiger partial charge >= 0.3 is 0 Å². The summed E-state index contributed by atoms with van der Waals surface area (Å²) in [5.74, 6) is -1.05. The van der Waals surface area contributed by atoms with Gasteiger partial charge in [0.15, 0.2) is 33.3 Å². The maximum Gasteiger partial charge on any atom is 0.221 e. The molecule has 0 aliphatic carbocycles. The molecule has 3 rings (SSSR count). The Morgan fingerprint density at radius 1 is 0.750 bits per heavy atom. The quantitative estimate of drug-likeness (QED) is 0.213. The second-order valence-corrected chi connectivity index (χ2v) is 33.9. The topological polar surface area (TPSA) is 75.6 Å². The number of halogens is 1. The molecule has 1 aliphatic rings. The molecule has 2 aromatic carbocycles. The molecule has 12 heteroatoms. The Balaban J connectivity index is 2.19. The van der Waals surface area contributed by atoms with Gasteiger partial charge in [-0.15, -0.1) is 0 Å². The standard InChI is InChI=1S/C32H55ClO7Si4/c1-35-26-17-14-23(15-18-26)20-24-21-25(16-19-27(24)33)32(34)31(40-44(11,12)13)30(39-43(8,9)10)29(38-42(5,6)7)28(37-32)22-36-41(2,3)4/h14-19,21,28-31,34H,20,22H2,1-13H3/t28-,29-,30+,31-,32?/m1/s1. The van der Waals surface area contributed by atoms with E-state index in [0.717, 1.165) is 16.9 Å². The van der Waals surface area contributed by atoms with E-state index >= 15 is 0 Å². The first-order valence-electron chi connectivity index (χ1n) is 15.5. The highest BCUT2D eigenvalue weighted by atomic mass is 35.5. The molecule has 44 heavy (non-hydrogen) atoms. The van der Waals surface area contributed by atoms with E-state index in [-0.39, 0.29) is 6.61 Å². The molecule has 0 spiro atoms. The summed E-state index contributed by atoms with van der Waals surface area (Å²) in [5.41, 5.74) is 2.51. The molecule has 1 N–H and O–H groups in total. The van der Waals surface area contributed by atoms with Crippen LogP contribution in [0.4, 0.5) is 0 Å². The fourth-order valence-electron chi connectivity index (χ4n) is 5.18. The van der Waals surface area contributed by atoms with Crippen molar-refractivity contribution < 1.29 is 32.3 Å². The maximum atomic E-state index is 12.9. The molecule has 2 aromatic rings. The number of ether oxygens (including phenoxy) is 2.